The van der Waals surface area contributed by atoms with Crippen LogP contribution in [-0.4, -0.2) is 15.5 Å². The number of aryl methyl sites for hydroxylation is 1. The third-order valence-electron chi connectivity index (χ3n) is 2.82. The number of amides is 1. The second-order valence-electron chi connectivity index (χ2n) is 4.12. The van der Waals surface area contributed by atoms with Gasteiger partial charge in [-0.05, 0) is 30.9 Å². The summed E-state index contributed by atoms with van der Waals surface area (Å²) in [4.78, 5) is 12.6. The average molecular weight is 279 g/mol. The summed E-state index contributed by atoms with van der Waals surface area (Å²) in [6, 6.07) is 6.00. The van der Waals surface area contributed by atoms with Gasteiger partial charge in [0.25, 0.3) is 5.91 Å². The van der Waals surface area contributed by atoms with Gasteiger partial charge in [-0.2, -0.15) is 0 Å². The summed E-state index contributed by atoms with van der Waals surface area (Å²) in [6.45, 7) is 3.66. The monoisotopic (exact) mass is 279 g/mol. The first-order chi connectivity index (χ1) is 9.13. The normalized spacial score (nSPS) is 12.2. The molecule has 19 heavy (non-hydrogen) atoms. The minimum Gasteiger partial charge on any atom is -0.345 e. The third kappa shape index (κ3) is 2.96. The van der Waals surface area contributed by atoms with Crippen LogP contribution in [0.2, 0.25) is 0 Å². The molecule has 2 aromatic rings. The predicted molar refractivity (Wildman–Crippen MR) is 71.6 cm³/mol. The number of rotatable bonds is 4. The van der Waals surface area contributed by atoms with Crippen LogP contribution in [0.5, 0.6) is 0 Å². The molecule has 6 heteroatoms. The van der Waals surface area contributed by atoms with Crippen molar-refractivity contribution in [2.75, 3.05) is 0 Å². The van der Waals surface area contributed by atoms with Crippen molar-refractivity contribution in [2.24, 2.45) is 0 Å². The Balaban J connectivity index is 2.13. The molecule has 0 radical (unpaired) electrons. The summed E-state index contributed by atoms with van der Waals surface area (Å²) in [5.74, 6) is -0.587. The molecule has 0 saturated carbocycles. The maximum absolute atomic E-state index is 13.6. The Morgan fingerprint density at radius 1 is 1.47 bits per heavy atom. The highest BCUT2D eigenvalue weighted by Gasteiger charge is 2.18. The highest BCUT2D eigenvalue weighted by atomic mass is 32.1. The van der Waals surface area contributed by atoms with Crippen molar-refractivity contribution in [3.8, 4) is 0 Å². The van der Waals surface area contributed by atoms with Gasteiger partial charge in [0.05, 0.1) is 11.7 Å². The number of hydrogen-bond acceptors (Lipinski definition) is 4. The van der Waals surface area contributed by atoms with E-state index in [1.807, 2.05) is 6.92 Å². The van der Waals surface area contributed by atoms with Gasteiger partial charge in [0.1, 0.15) is 10.7 Å². The first-order valence-corrected chi connectivity index (χ1v) is 6.77. The minimum absolute atomic E-state index is 0.261. The lowest BCUT2D eigenvalue weighted by Crippen LogP contribution is -2.27. The van der Waals surface area contributed by atoms with E-state index in [1.165, 1.54) is 6.07 Å². The number of nitrogens with one attached hydrogen (secondary N) is 1. The van der Waals surface area contributed by atoms with E-state index in [0.717, 1.165) is 11.5 Å². The van der Waals surface area contributed by atoms with Gasteiger partial charge < -0.3 is 5.32 Å². The van der Waals surface area contributed by atoms with Gasteiger partial charge in [-0.25, -0.2) is 4.39 Å². The zero-order valence-electron chi connectivity index (χ0n) is 10.7. The largest absolute Gasteiger partial charge is 0.345 e. The van der Waals surface area contributed by atoms with Crippen LogP contribution in [0.25, 0.3) is 0 Å². The molecule has 1 aromatic heterocycles. The molecule has 100 valence electrons. The van der Waals surface area contributed by atoms with Crippen molar-refractivity contribution in [3.05, 3.63) is 46.2 Å². The van der Waals surface area contributed by atoms with E-state index in [1.54, 1.807) is 25.1 Å². The lowest BCUT2D eigenvalue weighted by Gasteiger charge is -2.14. The molecule has 0 spiro atoms. The Bertz CT molecular complexity index is 585. The van der Waals surface area contributed by atoms with Crippen LogP contribution < -0.4 is 5.32 Å². The average Bonchev–Trinajstić information content (AvgIpc) is 2.87. The molecule has 2 rings (SSSR count). The number of carbonyl (C=O) groups excluding carboxylic acids is 1. The molecule has 0 fully saturated rings. The van der Waals surface area contributed by atoms with Crippen molar-refractivity contribution in [1.82, 2.24) is 14.9 Å². The Morgan fingerprint density at radius 2 is 2.21 bits per heavy atom. The van der Waals surface area contributed by atoms with Gasteiger partial charge in [-0.3, -0.25) is 4.79 Å². The zero-order chi connectivity index (χ0) is 13.8. The summed E-state index contributed by atoms with van der Waals surface area (Å²) < 4.78 is 17.4. The van der Waals surface area contributed by atoms with E-state index in [2.05, 4.69) is 14.9 Å². The molecule has 1 aromatic carbocycles. The smallest absolute Gasteiger partial charge is 0.265 e. The lowest BCUT2D eigenvalue weighted by molar-refractivity contribution is 0.0942. The van der Waals surface area contributed by atoms with E-state index in [0.29, 0.717) is 22.6 Å². The third-order valence-corrected chi connectivity index (χ3v) is 3.58. The van der Waals surface area contributed by atoms with Gasteiger partial charge in [-0.1, -0.05) is 29.6 Å². The Kier molecular flexibility index (Phi) is 4.21. The maximum Gasteiger partial charge on any atom is 0.265 e. The molecule has 1 heterocycles. The zero-order valence-corrected chi connectivity index (χ0v) is 11.5. The predicted octanol–water partition coefficient (Wildman–Crippen LogP) is 2.73. The number of hydrogen-bond donors (Lipinski definition) is 1. The van der Waals surface area contributed by atoms with Crippen LogP contribution >= 0.6 is 11.5 Å². The topological polar surface area (TPSA) is 54.9 Å². The molecule has 0 bridgehead atoms. The summed E-state index contributed by atoms with van der Waals surface area (Å²) in [5.41, 5.74) is 1.13. The molecule has 4 nitrogen and oxygen atoms in total. The first kappa shape index (κ1) is 13.6. The van der Waals surface area contributed by atoms with Crippen molar-refractivity contribution in [3.63, 3.8) is 0 Å². The van der Waals surface area contributed by atoms with E-state index < -0.39 is 6.04 Å². The summed E-state index contributed by atoms with van der Waals surface area (Å²) in [6.07, 6.45) is 0.646. The van der Waals surface area contributed by atoms with Crippen molar-refractivity contribution >= 4 is 17.4 Å². The Morgan fingerprint density at radius 3 is 2.89 bits per heavy atom. The van der Waals surface area contributed by atoms with Crippen molar-refractivity contribution in [1.29, 1.82) is 0 Å². The fraction of sp³-hybridized carbons (Fsp3) is 0.308. The van der Waals surface area contributed by atoms with Crippen LogP contribution in [0, 0.1) is 5.82 Å². The van der Waals surface area contributed by atoms with Gasteiger partial charge in [-0.15, -0.1) is 5.10 Å². The molecular weight excluding hydrogens is 265 g/mol. The van der Waals surface area contributed by atoms with Gasteiger partial charge in [0.15, 0.2) is 0 Å². The first-order valence-electron chi connectivity index (χ1n) is 6.00. The number of carbonyl (C=O) groups is 1. The maximum atomic E-state index is 13.6. The molecule has 0 unspecified atom stereocenters. The molecule has 0 aliphatic carbocycles. The molecule has 1 amide bonds. The van der Waals surface area contributed by atoms with E-state index in [9.17, 15) is 9.18 Å². The fourth-order valence-corrected chi connectivity index (χ4v) is 2.43. The second kappa shape index (κ2) is 5.88. The van der Waals surface area contributed by atoms with E-state index in [-0.39, 0.29) is 11.7 Å². The van der Waals surface area contributed by atoms with Crippen LogP contribution in [0.3, 0.4) is 0 Å². The Labute approximate surface area is 114 Å². The summed E-state index contributed by atoms with van der Waals surface area (Å²) >= 11 is 1.06. The summed E-state index contributed by atoms with van der Waals surface area (Å²) in [7, 11) is 0. The molecule has 0 aliphatic heterocycles. The number of aromatic nitrogens is 2. The molecule has 0 saturated heterocycles. The van der Waals surface area contributed by atoms with Crippen LogP contribution in [0.4, 0.5) is 4.39 Å². The van der Waals surface area contributed by atoms with Gasteiger partial charge in [0, 0.05) is 5.56 Å². The summed E-state index contributed by atoms with van der Waals surface area (Å²) in [5, 5.41) is 6.65. The lowest BCUT2D eigenvalue weighted by atomic mass is 10.1. The van der Waals surface area contributed by atoms with Crippen molar-refractivity contribution < 1.29 is 9.18 Å². The van der Waals surface area contributed by atoms with Gasteiger partial charge in [0.2, 0.25) is 0 Å². The second-order valence-corrected chi connectivity index (χ2v) is 4.87. The number of benzene rings is 1. The molecule has 1 atom stereocenters. The number of nitrogens with zero attached hydrogens (tertiary/aromatic N) is 2. The molecule has 0 aliphatic rings. The highest BCUT2D eigenvalue weighted by Crippen LogP contribution is 2.18. The van der Waals surface area contributed by atoms with E-state index >= 15 is 0 Å². The highest BCUT2D eigenvalue weighted by molar-refractivity contribution is 7.08. The standard InChI is InChI=1S/C13H14FN3OS/c1-3-11-12(19-17-16-11)13(18)15-8(2)9-6-4-5-7-10(9)14/h4-8H,3H2,1-2H3,(H,15,18)/t8-/m0/s1. The Hall–Kier alpha value is -1.82. The van der Waals surface area contributed by atoms with Crippen LogP contribution in [0.1, 0.15) is 40.8 Å². The SMILES string of the molecule is CCc1nnsc1C(=O)N[C@@H](C)c1ccccc1F. The molecular formula is C13H14FN3OS. The van der Waals surface area contributed by atoms with Crippen LogP contribution in [0.15, 0.2) is 24.3 Å². The molecule has 1 N–H and O–H groups in total. The fourth-order valence-electron chi connectivity index (χ4n) is 1.78. The van der Waals surface area contributed by atoms with Gasteiger partial charge >= 0.3 is 0 Å². The van der Waals surface area contributed by atoms with Crippen molar-refractivity contribution in [2.45, 2.75) is 26.3 Å². The van der Waals surface area contributed by atoms with Crippen LogP contribution in [-0.2, 0) is 6.42 Å². The number of halogens is 1. The minimum atomic E-state index is -0.402. The van der Waals surface area contributed by atoms with E-state index in [4.69, 9.17) is 0 Å². The quantitative estimate of drug-likeness (QED) is 0.936.